The zero-order chi connectivity index (χ0) is 13.8. The summed E-state index contributed by atoms with van der Waals surface area (Å²) < 4.78 is 1.93. The van der Waals surface area contributed by atoms with Crippen molar-refractivity contribution in [2.24, 2.45) is 12.8 Å². The highest BCUT2D eigenvalue weighted by molar-refractivity contribution is 5.77. The Hall–Kier alpha value is -1.40. The first-order chi connectivity index (χ1) is 9.06. The number of likely N-dealkylation sites (tertiary alicyclic amines) is 1. The lowest BCUT2D eigenvalue weighted by atomic mass is 10.1. The Balaban J connectivity index is 1.81. The first-order valence-corrected chi connectivity index (χ1v) is 6.74. The van der Waals surface area contributed by atoms with Crippen LogP contribution in [0.2, 0.25) is 0 Å². The molecule has 106 valence electrons. The summed E-state index contributed by atoms with van der Waals surface area (Å²) in [6, 6.07) is 0.302. The van der Waals surface area contributed by atoms with Gasteiger partial charge in [-0.15, -0.1) is 0 Å². The Morgan fingerprint density at radius 2 is 2.21 bits per heavy atom. The molecule has 0 saturated carbocycles. The zero-order valence-corrected chi connectivity index (χ0v) is 11.7. The molecule has 6 heteroatoms. The van der Waals surface area contributed by atoms with E-state index in [1.54, 1.807) is 11.1 Å². The predicted octanol–water partition coefficient (Wildman–Crippen LogP) is -0.198. The number of carbonyl (C=O) groups excluding carboxylic acids is 1. The van der Waals surface area contributed by atoms with Crippen molar-refractivity contribution >= 4 is 5.91 Å². The third-order valence-electron chi connectivity index (χ3n) is 3.72. The largest absolute Gasteiger partial charge is 0.337 e. The normalized spacial score (nSPS) is 17.6. The summed E-state index contributed by atoms with van der Waals surface area (Å²) in [6.45, 7) is 2.87. The summed E-state index contributed by atoms with van der Waals surface area (Å²) in [6.07, 6.45) is 5.60. The van der Waals surface area contributed by atoms with Crippen LogP contribution in [0, 0.1) is 0 Å². The Morgan fingerprint density at radius 3 is 2.79 bits per heavy atom. The first kappa shape index (κ1) is 14.0. The van der Waals surface area contributed by atoms with Gasteiger partial charge in [0.15, 0.2) is 0 Å². The van der Waals surface area contributed by atoms with Gasteiger partial charge in [-0.3, -0.25) is 9.69 Å². The molecule has 0 spiro atoms. The molecule has 6 nitrogen and oxygen atoms in total. The molecule has 0 aromatic carbocycles. The van der Waals surface area contributed by atoms with E-state index >= 15 is 0 Å². The zero-order valence-electron chi connectivity index (χ0n) is 11.7. The van der Waals surface area contributed by atoms with Crippen LogP contribution in [0.5, 0.6) is 0 Å². The topological polar surface area (TPSA) is 67.4 Å². The maximum atomic E-state index is 12.1. The van der Waals surface area contributed by atoms with E-state index in [0.717, 1.165) is 31.8 Å². The van der Waals surface area contributed by atoms with E-state index in [-0.39, 0.29) is 5.91 Å². The van der Waals surface area contributed by atoms with E-state index in [9.17, 15) is 4.79 Å². The second-order valence-corrected chi connectivity index (χ2v) is 5.32. The molecule has 1 saturated heterocycles. The van der Waals surface area contributed by atoms with Gasteiger partial charge in [0.1, 0.15) is 5.82 Å². The number of aryl methyl sites for hydroxylation is 1. The van der Waals surface area contributed by atoms with Gasteiger partial charge in [-0.25, -0.2) is 4.98 Å². The number of rotatable bonds is 4. The molecular weight excluding hydrogens is 242 g/mol. The number of aromatic nitrogens is 2. The van der Waals surface area contributed by atoms with Crippen LogP contribution in [0.3, 0.4) is 0 Å². The molecule has 2 N–H and O–H groups in total. The lowest BCUT2D eigenvalue weighted by Crippen LogP contribution is -2.44. The average Bonchev–Trinajstić information content (AvgIpc) is 2.78. The van der Waals surface area contributed by atoms with Crippen molar-refractivity contribution < 1.29 is 4.79 Å². The quantitative estimate of drug-likeness (QED) is 0.819. The molecule has 1 fully saturated rings. The number of nitrogens with two attached hydrogens (primary N) is 1. The summed E-state index contributed by atoms with van der Waals surface area (Å²) in [5.74, 6) is 1.04. The Morgan fingerprint density at radius 1 is 1.53 bits per heavy atom. The highest BCUT2D eigenvalue weighted by Gasteiger charge is 2.20. The van der Waals surface area contributed by atoms with Crippen LogP contribution in [0.25, 0.3) is 0 Å². The van der Waals surface area contributed by atoms with Gasteiger partial charge < -0.3 is 15.2 Å². The summed E-state index contributed by atoms with van der Waals surface area (Å²) in [5.41, 5.74) is 5.86. The van der Waals surface area contributed by atoms with Gasteiger partial charge in [-0.2, -0.15) is 0 Å². The molecule has 0 atom stereocenters. The van der Waals surface area contributed by atoms with Crippen LogP contribution in [-0.4, -0.2) is 58.0 Å². The second kappa shape index (κ2) is 6.16. The fraction of sp³-hybridized carbons (Fsp3) is 0.692. The predicted molar refractivity (Wildman–Crippen MR) is 73.3 cm³/mol. The summed E-state index contributed by atoms with van der Waals surface area (Å²) in [5, 5.41) is 0. The molecule has 0 aliphatic carbocycles. The Kier molecular flexibility index (Phi) is 4.55. The molecule has 0 radical (unpaired) electrons. The maximum Gasteiger partial charge on any atom is 0.236 e. The van der Waals surface area contributed by atoms with Crippen molar-refractivity contribution in [1.29, 1.82) is 0 Å². The van der Waals surface area contributed by atoms with Crippen molar-refractivity contribution in [1.82, 2.24) is 19.4 Å². The van der Waals surface area contributed by atoms with Crippen molar-refractivity contribution in [3.63, 3.8) is 0 Å². The molecule has 1 aliphatic heterocycles. The van der Waals surface area contributed by atoms with Gasteiger partial charge in [-0.05, 0) is 12.8 Å². The van der Waals surface area contributed by atoms with Crippen LogP contribution >= 0.6 is 0 Å². The van der Waals surface area contributed by atoms with Crippen LogP contribution in [-0.2, 0) is 18.4 Å². The van der Waals surface area contributed by atoms with E-state index in [4.69, 9.17) is 5.73 Å². The number of amides is 1. The number of nitrogens with zero attached hydrogens (tertiary/aromatic N) is 4. The van der Waals surface area contributed by atoms with Crippen molar-refractivity contribution in [2.45, 2.75) is 25.4 Å². The second-order valence-electron chi connectivity index (χ2n) is 5.32. The monoisotopic (exact) mass is 265 g/mol. The number of imidazole rings is 1. The summed E-state index contributed by atoms with van der Waals surface area (Å²) in [7, 11) is 3.76. The molecule has 1 aromatic rings. The number of piperidine rings is 1. The first-order valence-electron chi connectivity index (χ1n) is 6.74. The number of hydrogen-bond donors (Lipinski definition) is 1. The number of likely N-dealkylation sites (N-methyl/N-ethyl adjacent to an activating group) is 1. The van der Waals surface area contributed by atoms with Gasteiger partial charge >= 0.3 is 0 Å². The lowest BCUT2D eigenvalue weighted by Gasteiger charge is -2.30. The van der Waals surface area contributed by atoms with Crippen LogP contribution in [0.1, 0.15) is 18.7 Å². The minimum absolute atomic E-state index is 0.137. The molecule has 0 bridgehead atoms. The third kappa shape index (κ3) is 3.78. The van der Waals surface area contributed by atoms with Crippen LogP contribution in [0.15, 0.2) is 12.4 Å². The molecule has 0 unspecified atom stereocenters. The smallest absolute Gasteiger partial charge is 0.236 e. The molecule has 1 amide bonds. The van der Waals surface area contributed by atoms with Crippen molar-refractivity contribution in [3.8, 4) is 0 Å². The summed E-state index contributed by atoms with van der Waals surface area (Å²) in [4.78, 5) is 20.3. The average molecular weight is 265 g/mol. The molecule has 19 heavy (non-hydrogen) atoms. The highest BCUT2D eigenvalue weighted by atomic mass is 16.2. The molecule has 2 heterocycles. The molecular formula is C13H23N5O. The van der Waals surface area contributed by atoms with Gasteiger partial charge in [0.2, 0.25) is 5.91 Å². The lowest BCUT2D eigenvalue weighted by molar-refractivity contribution is -0.132. The van der Waals surface area contributed by atoms with Gasteiger partial charge in [0.05, 0.1) is 13.1 Å². The molecule has 1 aliphatic rings. The van der Waals surface area contributed by atoms with E-state index in [1.165, 1.54) is 0 Å². The van der Waals surface area contributed by atoms with E-state index < -0.39 is 0 Å². The minimum atomic E-state index is 0.137. The van der Waals surface area contributed by atoms with Crippen LogP contribution in [0.4, 0.5) is 0 Å². The highest BCUT2D eigenvalue weighted by Crippen LogP contribution is 2.08. The van der Waals surface area contributed by atoms with Gasteiger partial charge in [0, 0.05) is 45.6 Å². The van der Waals surface area contributed by atoms with E-state index in [2.05, 4.69) is 9.88 Å². The Labute approximate surface area is 114 Å². The van der Waals surface area contributed by atoms with Gasteiger partial charge in [-0.1, -0.05) is 0 Å². The van der Waals surface area contributed by atoms with Crippen LogP contribution < -0.4 is 5.73 Å². The van der Waals surface area contributed by atoms with Crippen molar-refractivity contribution in [2.75, 3.05) is 26.7 Å². The standard InChI is InChI=1S/C13H23N5O/c1-16-8-5-15-12(16)9-17(2)13(19)10-18-6-3-11(14)4-7-18/h5,8,11H,3-4,6-7,9-10,14H2,1-2H3. The maximum absolute atomic E-state index is 12.1. The van der Waals surface area contributed by atoms with E-state index in [0.29, 0.717) is 19.1 Å². The van der Waals surface area contributed by atoms with Gasteiger partial charge in [0.25, 0.3) is 0 Å². The fourth-order valence-corrected chi connectivity index (χ4v) is 2.27. The summed E-state index contributed by atoms with van der Waals surface area (Å²) >= 11 is 0. The fourth-order valence-electron chi connectivity index (χ4n) is 2.27. The third-order valence-corrected chi connectivity index (χ3v) is 3.72. The molecule has 1 aromatic heterocycles. The van der Waals surface area contributed by atoms with Crippen molar-refractivity contribution in [3.05, 3.63) is 18.2 Å². The molecule has 2 rings (SSSR count). The van der Waals surface area contributed by atoms with E-state index in [1.807, 2.05) is 24.9 Å². The number of hydrogen-bond acceptors (Lipinski definition) is 4. The minimum Gasteiger partial charge on any atom is -0.337 e. The SMILES string of the molecule is CN(Cc1nccn1C)C(=O)CN1CCC(N)CC1. The number of carbonyl (C=O) groups is 1. The Bertz CT molecular complexity index is 422.